The van der Waals surface area contributed by atoms with Crippen LogP contribution in [-0.2, 0) is 9.58 Å². The van der Waals surface area contributed by atoms with Crippen LogP contribution in [0.4, 0.5) is 0 Å². The molecule has 0 aromatic carbocycles. The summed E-state index contributed by atoms with van der Waals surface area (Å²) in [6.45, 7) is 3.79. The molecule has 1 fully saturated rings. The van der Waals surface area contributed by atoms with E-state index in [-0.39, 0.29) is 23.1 Å². The number of nitrogens with zero attached hydrogens (tertiary/aromatic N) is 1. The predicted octanol–water partition coefficient (Wildman–Crippen LogP) is 0.997. The molecule has 1 aromatic rings. The Bertz CT molecular complexity index is 728. The van der Waals surface area contributed by atoms with E-state index in [4.69, 9.17) is 4.74 Å². The standard InChI is InChI=1S/C11H18N2O3P2S.Tl/c1-3-7-4-8(19(17)18)10(16-7)13-5-6(2)9(14)12-11(13)15;/h5,7-8,10,17H,3-4,18H2,1-2H3,(H,12,14,15);/t7-,8+,10-,19?;/m1./s1. The Balaban J connectivity index is 2.52. The summed E-state index contributed by atoms with van der Waals surface area (Å²) in [5, 5.41) is 0.280. The first-order valence-electron chi connectivity index (χ1n) is 6.33. The zero-order valence-corrected chi connectivity index (χ0v) is 18.9. The Morgan fingerprint density at radius 2 is 2.30 bits per heavy atom. The second-order valence-corrected chi connectivity index (χ2v) is 34.0. The molecule has 0 spiro atoms. The van der Waals surface area contributed by atoms with Crippen LogP contribution in [0.5, 0.6) is 0 Å². The first-order valence-corrected chi connectivity index (χ1v) is 16.3. The van der Waals surface area contributed by atoms with Gasteiger partial charge in [0.25, 0.3) is 0 Å². The van der Waals surface area contributed by atoms with Crippen molar-refractivity contribution in [1.82, 2.24) is 9.55 Å². The number of aryl methyl sites for hydroxylation is 1. The molecule has 0 radical (unpaired) electrons. The summed E-state index contributed by atoms with van der Waals surface area (Å²) in [6, 6.07) is 0. The quantitative estimate of drug-likeness (QED) is 0.474. The zero-order chi connectivity index (χ0) is 15.1. The van der Waals surface area contributed by atoms with Crippen molar-refractivity contribution in [3.05, 3.63) is 32.6 Å². The van der Waals surface area contributed by atoms with Gasteiger partial charge in [0.2, 0.25) is 0 Å². The van der Waals surface area contributed by atoms with Gasteiger partial charge in [0.05, 0.1) is 0 Å². The molecule has 109 valence electrons. The number of rotatable bonds is 3. The van der Waals surface area contributed by atoms with Gasteiger partial charge in [-0.25, -0.2) is 0 Å². The molecule has 0 saturated carbocycles. The normalized spacial score (nSPS) is 29.4. The third-order valence-electron chi connectivity index (χ3n) is 3.52. The van der Waals surface area contributed by atoms with E-state index in [0.717, 1.165) is 36.5 Å². The number of nitrogens with one attached hydrogen (secondary N) is 1. The van der Waals surface area contributed by atoms with E-state index in [0.29, 0.717) is 5.56 Å². The Morgan fingerprint density at radius 1 is 1.65 bits per heavy atom. The van der Waals surface area contributed by atoms with Gasteiger partial charge < -0.3 is 0 Å². The van der Waals surface area contributed by atoms with Gasteiger partial charge in [-0.05, 0) is 0 Å². The van der Waals surface area contributed by atoms with Crippen LogP contribution in [-0.4, -0.2) is 44.6 Å². The minimum absolute atomic E-state index is 0.173. The second kappa shape index (κ2) is 6.41. The van der Waals surface area contributed by atoms with E-state index >= 15 is 0 Å². The summed E-state index contributed by atoms with van der Waals surface area (Å²) in [7, 11) is 6.78. The van der Waals surface area contributed by atoms with E-state index < -0.39 is 10.5 Å². The third-order valence-corrected chi connectivity index (χ3v) is 11.0. The first kappa shape index (κ1) is 17.0. The van der Waals surface area contributed by atoms with Crippen LogP contribution in [0.1, 0.15) is 31.6 Å². The molecule has 2 unspecified atom stereocenters. The molecule has 2 heterocycles. The van der Waals surface area contributed by atoms with Crippen molar-refractivity contribution in [2.75, 3.05) is 0 Å². The average Bonchev–Trinajstić information content (AvgIpc) is 2.77. The fourth-order valence-corrected chi connectivity index (χ4v) is 7.70. The Morgan fingerprint density at radius 3 is 2.85 bits per heavy atom. The fraction of sp³-hybridized carbons (Fsp3) is 0.636. The summed E-state index contributed by atoms with van der Waals surface area (Å²) in [5.41, 5.74) is -0.192. The number of H-pyrrole nitrogens is 1. The van der Waals surface area contributed by atoms with Gasteiger partial charge in [-0.1, -0.05) is 0 Å². The van der Waals surface area contributed by atoms with Crippen LogP contribution in [0.2, 0.25) is 0 Å². The van der Waals surface area contributed by atoms with Crippen molar-refractivity contribution in [3.8, 4) is 0 Å². The molecule has 0 aliphatic carbocycles. The molecular weight excluding hydrogens is 507 g/mol. The number of ether oxygens (including phenoxy) is 1. The first-order chi connectivity index (χ1) is 9.24. The topological polar surface area (TPSA) is 64.1 Å². The molecular formula is C11H18N2O3P2STl. The number of aromatic nitrogens is 2. The third kappa shape index (κ3) is 3.51. The van der Waals surface area contributed by atoms with E-state index in [1.54, 1.807) is 17.7 Å². The number of hydrogen-bond acceptors (Lipinski definition) is 3. The molecule has 0 bridgehead atoms. The van der Waals surface area contributed by atoms with Gasteiger partial charge in [0, 0.05) is 0 Å². The van der Waals surface area contributed by atoms with E-state index in [1.165, 1.54) is 0 Å². The molecule has 9 heteroatoms. The second-order valence-electron chi connectivity index (χ2n) is 5.07. The molecule has 5 atom stereocenters. The van der Waals surface area contributed by atoms with Crippen molar-refractivity contribution in [3.63, 3.8) is 0 Å². The summed E-state index contributed by atoms with van der Waals surface area (Å²) in [4.78, 5) is 25.0. The Labute approximate surface area is 135 Å². The number of hydrogen-bond donors (Lipinski definition) is 1. The van der Waals surface area contributed by atoms with Crippen molar-refractivity contribution in [2.45, 2.75) is 44.3 Å². The van der Waals surface area contributed by atoms with Crippen LogP contribution < -0.4 is 11.2 Å². The van der Waals surface area contributed by atoms with Crippen LogP contribution in [0.3, 0.4) is 0 Å². The van der Waals surface area contributed by atoms with Gasteiger partial charge in [-0.3, -0.25) is 0 Å². The van der Waals surface area contributed by atoms with Gasteiger partial charge in [-0.2, -0.15) is 0 Å². The molecule has 5 nitrogen and oxygen atoms in total. The van der Waals surface area contributed by atoms with Crippen molar-refractivity contribution in [2.24, 2.45) is 0 Å². The Kier molecular flexibility index (Phi) is 5.45. The van der Waals surface area contributed by atoms with Crippen LogP contribution >= 0.6 is 16.5 Å². The summed E-state index contributed by atoms with van der Waals surface area (Å²) in [6.07, 6.45) is 3.37. The SMILES string of the molecule is CC[C@@H]1C[C@H]([S](=P)(P)=[Tl])[C@H](n2cc(C)c(=O)[nH]c2=O)O1. The molecule has 20 heavy (non-hydrogen) atoms. The van der Waals surface area contributed by atoms with E-state index in [1.807, 2.05) is 0 Å². The zero-order valence-electron chi connectivity index (χ0n) is 11.5. The van der Waals surface area contributed by atoms with Crippen molar-refractivity contribution >= 4 is 45.0 Å². The Hall–Kier alpha value is 0.642. The van der Waals surface area contributed by atoms with E-state index in [2.05, 4.69) is 28.4 Å². The molecule has 1 N–H and O–H groups in total. The summed E-state index contributed by atoms with van der Waals surface area (Å²) >= 11 is 0.764. The monoisotopic (exact) mass is 525 g/mol. The number of aromatic amines is 1. The van der Waals surface area contributed by atoms with Crippen LogP contribution in [0.15, 0.2) is 15.8 Å². The average molecular weight is 525 g/mol. The van der Waals surface area contributed by atoms with Crippen molar-refractivity contribution < 1.29 is 4.74 Å². The molecule has 1 aliphatic rings. The minimum atomic E-state index is -0.970. The molecule has 1 aromatic heterocycles. The van der Waals surface area contributed by atoms with Crippen LogP contribution in [0.25, 0.3) is 0 Å². The summed E-state index contributed by atoms with van der Waals surface area (Å²) in [5.74, 6) is 0. The van der Waals surface area contributed by atoms with Crippen LogP contribution in [0, 0.1) is 6.92 Å². The van der Waals surface area contributed by atoms with Gasteiger partial charge in [-0.15, -0.1) is 0 Å². The van der Waals surface area contributed by atoms with E-state index in [9.17, 15) is 9.59 Å². The maximum atomic E-state index is 12.1. The molecule has 1 saturated heterocycles. The summed E-state index contributed by atoms with van der Waals surface area (Å²) < 4.78 is 7.60. The van der Waals surface area contributed by atoms with Gasteiger partial charge >= 0.3 is 136 Å². The maximum absolute atomic E-state index is 12.1. The molecule has 2 rings (SSSR count). The molecule has 0 amide bonds. The van der Waals surface area contributed by atoms with Gasteiger partial charge in [0.15, 0.2) is 0 Å². The van der Waals surface area contributed by atoms with Crippen molar-refractivity contribution in [1.29, 1.82) is 0 Å². The molecule has 1 aliphatic heterocycles. The predicted molar refractivity (Wildman–Crippen MR) is 89.8 cm³/mol. The fourth-order valence-electron chi connectivity index (χ4n) is 2.35. The van der Waals surface area contributed by atoms with Gasteiger partial charge in [0.1, 0.15) is 0 Å².